The molecule has 2 heterocycles. The number of para-hydroxylation sites is 3. The number of ether oxygens (including phenoxy) is 2. The van der Waals surface area contributed by atoms with Gasteiger partial charge in [-0.05, 0) is 24.1 Å². The Morgan fingerprint density at radius 2 is 1.73 bits per heavy atom. The normalized spacial score (nSPS) is 11.3. The Bertz CT molecular complexity index is 1230. The van der Waals surface area contributed by atoms with E-state index in [1.807, 2.05) is 62.4 Å². The minimum atomic E-state index is -0.491. The van der Waals surface area contributed by atoms with E-state index in [4.69, 9.17) is 25.2 Å². The molecule has 7 heteroatoms. The summed E-state index contributed by atoms with van der Waals surface area (Å²) in [7, 11) is 1.62. The maximum absolute atomic E-state index is 12.9. The first kappa shape index (κ1) is 19.7. The molecule has 30 heavy (non-hydrogen) atoms. The van der Waals surface area contributed by atoms with Gasteiger partial charge in [0.15, 0.2) is 5.65 Å². The summed E-state index contributed by atoms with van der Waals surface area (Å²) in [6, 6.07) is 15.2. The minimum absolute atomic E-state index is 0.212. The number of nitrogen functional groups attached to an aromatic ring is 1. The van der Waals surface area contributed by atoms with Gasteiger partial charge in [0.25, 0.3) is 0 Å². The van der Waals surface area contributed by atoms with Crippen LogP contribution in [0.4, 0.5) is 5.82 Å². The van der Waals surface area contributed by atoms with Gasteiger partial charge in [0.1, 0.15) is 22.6 Å². The van der Waals surface area contributed by atoms with Gasteiger partial charge in [-0.3, -0.25) is 0 Å². The van der Waals surface area contributed by atoms with Gasteiger partial charge in [-0.1, -0.05) is 44.2 Å². The summed E-state index contributed by atoms with van der Waals surface area (Å²) in [5.74, 6) is 0.731. The van der Waals surface area contributed by atoms with Crippen molar-refractivity contribution in [3.63, 3.8) is 0 Å². The summed E-state index contributed by atoms with van der Waals surface area (Å²) in [5, 5.41) is 0. The fourth-order valence-electron chi connectivity index (χ4n) is 3.40. The Labute approximate surface area is 174 Å². The van der Waals surface area contributed by atoms with Crippen LogP contribution < -0.4 is 10.5 Å². The molecule has 0 atom stereocenters. The fourth-order valence-corrected chi connectivity index (χ4v) is 3.40. The van der Waals surface area contributed by atoms with Crippen molar-refractivity contribution in [2.45, 2.75) is 20.4 Å². The summed E-state index contributed by atoms with van der Waals surface area (Å²) >= 11 is 0. The molecule has 0 spiro atoms. The maximum Gasteiger partial charge on any atom is 0.344 e. The molecule has 0 unspecified atom stereocenters. The smallest absolute Gasteiger partial charge is 0.344 e. The number of hydrogen-bond acceptors (Lipinski definition) is 6. The van der Waals surface area contributed by atoms with E-state index < -0.39 is 5.97 Å². The first-order chi connectivity index (χ1) is 14.5. The van der Waals surface area contributed by atoms with Crippen molar-refractivity contribution in [3.05, 3.63) is 59.7 Å². The highest BCUT2D eigenvalue weighted by Crippen LogP contribution is 2.31. The zero-order valence-electron chi connectivity index (χ0n) is 17.3. The van der Waals surface area contributed by atoms with E-state index in [1.165, 1.54) is 0 Å². The molecule has 0 fully saturated rings. The number of fused-ring (bicyclic) bond motifs is 2. The standard InChI is InChI=1S/C23H24N4O3/c1-14(2)13-30-23(28)19-20-22(26-17-10-6-5-9-16(17)25-20)27(21(19)24)12-15-8-4-7-11-18(15)29-3/h4-11,14H,12-13,24H2,1-3H3. The third-order valence-electron chi connectivity index (χ3n) is 4.86. The summed E-state index contributed by atoms with van der Waals surface area (Å²) in [6.07, 6.45) is 0. The van der Waals surface area contributed by atoms with E-state index in [0.29, 0.717) is 29.8 Å². The van der Waals surface area contributed by atoms with E-state index in [0.717, 1.165) is 16.8 Å². The van der Waals surface area contributed by atoms with Gasteiger partial charge in [-0.2, -0.15) is 0 Å². The molecule has 154 valence electrons. The van der Waals surface area contributed by atoms with Crippen LogP contribution in [0.1, 0.15) is 29.8 Å². The number of nitrogens with zero attached hydrogens (tertiary/aromatic N) is 3. The van der Waals surface area contributed by atoms with Gasteiger partial charge in [0.2, 0.25) is 0 Å². The maximum atomic E-state index is 12.9. The molecule has 0 saturated carbocycles. The third kappa shape index (κ3) is 3.54. The van der Waals surface area contributed by atoms with Gasteiger partial charge >= 0.3 is 5.97 Å². The summed E-state index contributed by atoms with van der Waals surface area (Å²) < 4.78 is 12.7. The van der Waals surface area contributed by atoms with Crippen LogP contribution in [-0.2, 0) is 11.3 Å². The Balaban J connectivity index is 1.91. The monoisotopic (exact) mass is 404 g/mol. The fraction of sp³-hybridized carbons (Fsp3) is 0.261. The third-order valence-corrected chi connectivity index (χ3v) is 4.86. The van der Waals surface area contributed by atoms with Crippen LogP contribution >= 0.6 is 0 Å². The first-order valence-corrected chi connectivity index (χ1v) is 9.83. The zero-order valence-corrected chi connectivity index (χ0v) is 17.3. The van der Waals surface area contributed by atoms with Crippen LogP contribution in [0.25, 0.3) is 22.2 Å². The lowest BCUT2D eigenvalue weighted by atomic mass is 10.2. The van der Waals surface area contributed by atoms with Crippen LogP contribution in [0.3, 0.4) is 0 Å². The number of esters is 1. The molecular weight excluding hydrogens is 380 g/mol. The average Bonchev–Trinajstić information content (AvgIpc) is 3.01. The molecule has 4 aromatic rings. The number of hydrogen-bond donors (Lipinski definition) is 1. The molecule has 7 nitrogen and oxygen atoms in total. The second-order valence-corrected chi connectivity index (χ2v) is 7.54. The Morgan fingerprint density at radius 3 is 2.43 bits per heavy atom. The highest BCUT2D eigenvalue weighted by molar-refractivity contribution is 6.08. The van der Waals surface area contributed by atoms with Gasteiger partial charge in [-0.25, -0.2) is 14.8 Å². The number of carbonyl (C=O) groups excluding carboxylic acids is 1. The number of methoxy groups -OCH3 is 1. The Morgan fingerprint density at radius 1 is 1.07 bits per heavy atom. The van der Waals surface area contributed by atoms with Gasteiger partial charge in [0.05, 0.1) is 31.3 Å². The van der Waals surface area contributed by atoms with Crippen molar-refractivity contribution in [2.75, 3.05) is 19.5 Å². The lowest BCUT2D eigenvalue weighted by Crippen LogP contribution is -2.13. The molecule has 4 rings (SSSR count). The summed E-state index contributed by atoms with van der Waals surface area (Å²) in [5.41, 5.74) is 10.0. The Hall–Kier alpha value is -3.61. The van der Waals surface area contributed by atoms with Gasteiger partial charge in [0, 0.05) is 5.56 Å². The number of nitrogens with two attached hydrogens (primary N) is 1. The predicted molar refractivity (Wildman–Crippen MR) is 117 cm³/mol. The molecule has 0 aliphatic carbocycles. The van der Waals surface area contributed by atoms with E-state index >= 15 is 0 Å². The second-order valence-electron chi connectivity index (χ2n) is 7.54. The van der Waals surface area contributed by atoms with Crippen LogP contribution in [0.5, 0.6) is 5.75 Å². The number of carbonyl (C=O) groups is 1. The van der Waals surface area contributed by atoms with Crippen LogP contribution in [-0.4, -0.2) is 34.2 Å². The van der Waals surface area contributed by atoms with E-state index in [1.54, 1.807) is 11.7 Å². The van der Waals surface area contributed by atoms with Crippen LogP contribution in [0.2, 0.25) is 0 Å². The highest BCUT2D eigenvalue weighted by atomic mass is 16.5. The zero-order chi connectivity index (χ0) is 21.3. The first-order valence-electron chi connectivity index (χ1n) is 9.83. The van der Waals surface area contributed by atoms with Gasteiger partial charge < -0.3 is 19.8 Å². The molecule has 0 bridgehead atoms. The number of anilines is 1. The van der Waals surface area contributed by atoms with E-state index in [-0.39, 0.29) is 17.3 Å². The molecule has 0 aliphatic heterocycles. The quantitative estimate of drug-likeness (QED) is 0.488. The summed E-state index contributed by atoms with van der Waals surface area (Å²) in [4.78, 5) is 22.4. The molecular formula is C23H24N4O3. The molecule has 0 saturated heterocycles. The molecule has 2 N–H and O–H groups in total. The van der Waals surface area contributed by atoms with E-state index in [9.17, 15) is 4.79 Å². The van der Waals surface area contributed by atoms with Crippen molar-refractivity contribution >= 4 is 34.0 Å². The topological polar surface area (TPSA) is 92.3 Å². The SMILES string of the molecule is COc1ccccc1Cn1c(N)c(C(=O)OCC(C)C)c2nc3ccccc3nc21. The largest absolute Gasteiger partial charge is 0.496 e. The molecule has 0 amide bonds. The number of benzene rings is 2. The van der Waals surface area contributed by atoms with Crippen molar-refractivity contribution in [1.29, 1.82) is 0 Å². The molecule has 2 aromatic carbocycles. The average molecular weight is 404 g/mol. The molecule has 2 aromatic heterocycles. The van der Waals surface area contributed by atoms with E-state index in [2.05, 4.69) is 0 Å². The summed E-state index contributed by atoms with van der Waals surface area (Å²) in [6.45, 7) is 4.65. The molecule has 0 radical (unpaired) electrons. The predicted octanol–water partition coefficient (Wildman–Crippen LogP) is 4.04. The number of aromatic nitrogens is 3. The highest BCUT2D eigenvalue weighted by Gasteiger charge is 2.25. The van der Waals surface area contributed by atoms with Crippen LogP contribution in [0.15, 0.2) is 48.5 Å². The number of rotatable bonds is 6. The lowest BCUT2D eigenvalue weighted by molar-refractivity contribution is 0.0462. The van der Waals surface area contributed by atoms with Crippen molar-refractivity contribution in [2.24, 2.45) is 5.92 Å². The van der Waals surface area contributed by atoms with Crippen molar-refractivity contribution in [1.82, 2.24) is 14.5 Å². The van der Waals surface area contributed by atoms with Crippen molar-refractivity contribution < 1.29 is 14.3 Å². The van der Waals surface area contributed by atoms with Gasteiger partial charge in [-0.15, -0.1) is 0 Å². The minimum Gasteiger partial charge on any atom is -0.496 e. The second kappa shape index (κ2) is 8.02. The van der Waals surface area contributed by atoms with Crippen LogP contribution in [0, 0.1) is 5.92 Å². The Kier molecular flexibility index (Phi) is 5.27. The molecule has 0 aliphatic rings. The lowest BCUT2D eigenvalue weighted by Gasteiger charge is -2.11. The van der Waals surface area contributed by atoms with Crippen molar-refractivity contribution in [3.8, 4) is 5.75 Å².